The maximum absolute atomic E-state index is 10.5. The molecule has 0 saturated carbocycles. The van der Waals surface area contributed by atoms with Gasteiger partial charge in [-0.15, -0.1) is 0 Å². The molecule has 3 N–H and O–H groups in total. The number of nitrogens with two attached hydrogens (primary N) is 1. The minimum atomic E-state index is -0.530. The third-order valence-electron chi connectivity index (χ3n) is 1.82. The number of benzene rings is 1. The number of hydrogen-bond acceptors (Lipinski definition) is 3. The Morgan fingerprint density at radius 3 is 2.86 bits per heavy atom. The van der Waals surface area contributed by atoms with E-state index in [1.165, 1.54) is 0 Å². The van der Waals surface area contributed by atoms with Gasteiger partial charge in [0.25, 0.3) is 5.91 Å². The first-order valence-electron chi connectivity index (χ1n) is 4.25. The van der Waals surface area contributed by atoms with Crippen molar-refractivity contribution in [2.24, 2.45) is 5.73 Å². The fraction of sp³-hybridized carbons (Fsp3) is 0.300. The van der Waals surface area contributed by atoms with Gasteiger partial charge in [0, 0.05) is 5.56 Å². The lowest BCUT2D eigenvalue weighted by molar-refractivity contribution is -0.119. The third-order valence-corrected chi connectivity index (χ3v) is 1.82. The second-order valence-corrected chi connectivity index (χ2v) is 2.98. The Labute approximate surface area is 82.3 Å². The Kier molecular flexibility index (Phi) is 3.48. The number of aliphatic hydroxyl groups excluding tert-OH is 1. The normalized spacial score (nSPS) is 9.86. The molecule has 4 heteroatoms. The van der Waals surface area contributed by atoms with Crippen LogP contribution in [0.3, 0.4) is 0 Å². The van der Waals surface area contributed by atoms with E-state index in [1.54, 1.807) is 6.07 Å². The van der Waals surface area contributed by atoms with Gasteiger partial charge in [-0.3, -0.25) is 4.79 Å². The Hall–Kier alpha value is -1.55. The molecule has 4 nitrogen and oxygen atoms in total. The van der Waals surface area contributed by atoms with E-state index in [4.69, 9.17) is 15.6 Å². The van der Waals surface area contributed by atoms with E-state index in [0.717, 1.165) is 5.56 Å². The molecule has 1 aromatic rings. The van der Waals surface area contributed by atoms with Gasteiger partial charge in [0.15, 0.2) is 6.61 Å². The molecule has 0 aliphatic rings. The fourth-order valence-electron chi connectivity index (χ4n) is 1.19. The molecule has 0 aliphatic heterocycles. The van der Waals surface area contributed by atoms with Crippen LogP contribution in [0, 0.1) is 6.92 Å². The van der Waals surface area contributed by atoms with Crippen LogP contribution in [-0.4, -0.2) is 17.6 Å². The summed E-state index contributed by atoms with van der Waals surface area (Å²) < 4.78 is 5.19. The Bertz CT molecular complexity index is 336. The van der Waals surface area contributed by atoms with E-state index in [1.807, 2.05) is 19.1 Å². The van der Waals surface area contributed by atoms with Crippen LogP contribution in [0.25, 0.3) is 0 Å². The Balaban J connectivity index is 2.87. The standard InChI is InChI=1S/C10H13NO3/c1-7-3-2-4-8(5-12)10(7)14-6-9(11)13/h2-4,12H,5-6H2,1H3,(H2,11,13). The summed E-state index contributed by atoms with van der Waals surface area (Å²) in [6, 6.07) is 5.40. The highest BCUT2D eigenvalue weighted by Crippen LogP contribution is 2.22. The lowest BCUT2D eigenvalue weighted by Crippen LogP contribution is -2.20. The first kappa shape index (κ1) is 10.5. The second-order valence-electron chi connectivity index (χ2n) is 2.98. The quantitative estimate of drug-likeness (QED) is 0.728. The van der Waals surface area contributed by atoms with Crippen molar-refractivity contribution in [3.05, 3.63) is 29.3 Å². The summed E-state index contributed by atoms with van der Waals surface area (Å²) in [4.78, 5) is 10.5. The second kappa shape index (κ2) is 4.62. The zero-order valence-electron chi connectivity index (χ0n) is 7.99. The number of aliphatic hydroxyl groups is 1. The number of aryl methyl sites for hydroxylation is 1. The summed E-state index contributed by atoms with van der Waals surface area (Å²) in [5.74, 6) is 0.00550. The molecule has 14 heavy (non-hydrogen) atoms. The van der Waals surface area contributed by atoms with Crippen molar-refractivity contribution >= 4 is 5.91 Å². The lowest BCUT2D eigenvalue weighted by atomic mass is 10.1. The van der Waals surface area contributed by atoms with E-state index < -0.39 is 5.91 Å². The molecule has 0 bridgehead atoms. The van der Waals surface area contributed by atoms with Gasteiger partial charge in [0.2, 0.25) is 0 Å². The fourth-order valence-corrected chi connectivity index (χ4v) is 1.19. The van der Waals surface area contributed by atoms with Crippen LogP contribution in [-0.2, 0) is 11.4 Å². The summed E-state index contributed by atoms with van der Waals surface area (Å²) >= 11 is 0. The van der Waals surface area contributed by atoms with Crippen LogP contribution in [0.15, 0.2) is 18.2 Å². The molecule has 0 aromatic heterocycles. The maximum Gasteiger partial charge on any atom is 0.255 e. The summed E-state index contributed by atoms with van der Waals surface area (Å²) in [7, 11) is 0. The summed E-state index contributed by atoms with van der Waals surface area (Å²) in [5.41, 5.74) is 6.49. The van der Waals surface area contributed by atoms with Crippen molar-refractivity contribution in [2.45, 2.75) is 13.5 Å². The summed E-state index contributed by atoms with van der Waals surface area (Å²) in [6.07, 6.45) is 0. The first-order chi connectivity index (χ1) is 6.65. The van der Waals surface area contributed by atoms with Crippen LogP contribution in [0.4, 0.5) is 0 Å². The van der Waals surface area contributed by atoms with Gasteiger partial charge in [0.1, 0.15) is 5.75 Å². The number of rotatable bonds is 4. The van der Waals surface area contributed by atoms with Gasteiger partial charge in [-0.1, -0.05) is 18.2 Å². The topological polar surface area (TPSA) is 72.6 Å². The largest absolute Gasteiger partial charge is 0.483 e. The number of ether oxygens (including phenoxy) is 1. The number of hydrogen-bond donors (Lipinski definition) is 2. The van der Waals surface area contributed by atoms with E-state index in [0.29, 0.717) is 11.3 Å². The Morgan fingerprint density at radius 2 is 2.29 bits per heavy atom. The predicted octanol–water partition coefficient (Wildman–Crippen LogP) is 0.351. The minimum Gasteiger partial charge on any atom is -0.483 e. The van der Waals surface area contributed by atoms with Crippen molar-refractivity contribution in [3.8, 4) is 5.75 Å². The SMILES string of the molecule is Cc1cccc(CO)c1OCC(N)=O. The molecule has 0 aliphatic carbocycles. The van der Waals surface area contributed by atoms with Crippen LogP contribution >= 0.6 is 0 Å². The molecule has 0 unspecified atom stereocenters. The highest BCUT2D eigenvalue weighted by Gasteiger charge is 2.06. The molecule has 76 valence electrons. The summed E-state index contributed by atoms with van der Waals surface area (Å²) in [6.45, 7) is 1.56. The number of amides is 1. The maximum atomic E-state index is 10.5. The highest BCUT2D eigenvalue weighted by atomic mass is 16.5. The van der Waals surface area contributed by atoms with Crippen molar-refractivity contribution in [3.63, 3.8) is 0 Å². The van der Waals surface area contributed by atoms with Crippen LogP contribution in [0.1, 0.15) is 11.1 Å². The molecule has 0 saturated heterocycles. The highest BCUT2D eigenvalue weighted by molar-refractivity contribution is 5.75. The van der Waals surface area contributed by atoms with Gasteiger partial charge < -0.3 is 15.6 Å². The van der Waals surface area contributed by atoms with E-state index in [-0.39, 0.29) is 13.2 Å². The van der Waals surface area contributed by atoms with E-state index >= 15 is 0 Å². The molecular formula is C10H13NO3. The van der Waals surface area contributed by atoms with Gasteiger partial charge in [-0.2, -0.15) is 0 Å². The molecule has 1 amide bonds. The van der Waals surface area contributed by atoms with Crippen LogP contribution in [0.5, 0.6) is 5.75 Å². The molecule has 0 radical (unpaired) electrons. The smallest absolute Gasteiger partial charge is 0.255 e. The monoisotopic (exact) mass is 195 g/mol. The summed E-state index contributed by atoms with van der Waals surface area (Å²) in [5, 5.41) is 9.01. The van der Waals surface area contributed by atoms with Gasteiger partial charge >= 0.3 is 0 Å². The van der Waals surface area contributed by atoms with E-state index in [9.17, 15) is 4.79 Å². The third kappa shape index (κ3) is 2.47. The van der Waals surface area contributed by atoms with Crippen molar-refractivity contribution in [1.29, 1.82) is 0 Å². The number of primary amides is 1. The Morgan fingerprint density at radius 1 is 1.57 bits per heavy atom. The lowest BCUT2D eigenvalue weighted by Gasteiger charge is -2.11. The molecule has 1 rings (SSSR count). The molecule has 0 fully saturated rings. The number of carbonyl (C=O) groups excluding carboxylic acids is 1. The average Bonchev–Trinajstić information content (AvgIpc) is 2.15. The van der Waals surface area contributed by atoms with E-state index in [2.05, 4.69) is 0 Å². The first-order valence-corrected chi connectivity index (χ1v) is 4.25. The predicted molar refractivity (Wildman–Crippen MR) is 51.8 cm³/mol. The zero-order chi connectivity index (χ0) is 10.6. The molecule has 0 atom stereocenters. The van der Waals surface area contributed by atoms with Gasteiger partial charge in [0.05, 0.1) is 6.61 Å². The van der Waals surface area contributed by atoms with Crippen molar-refractivity contribution in [1.82, 2.24) is 0 Å². The zero-order valence-corrected chi connectivity index (χ0v) is 7.99. The number of carbonyl (C=O) groups is 1. The minimum absolute atomic E-state index is 0.115. The molecule has 0 heterocycles. The molecule has 0 spiro atoms. The molecular weight excluding hydrogens is 182 g/mol. The van der Waals surface area contributed by atoms with Gasteiger partial charge in [-0.25, -0.2) is 0 Å². The van der Waals surface area contributed by atoms with Gasteiger partial charge in [-0.05, 0) is 12.5 Å². The average molecular weight is 195 g/mol. The number of para-hydroxylation sites is 1. The van der Waals surface area contributed by atoms with Crippen LogP contribution < -0.4 is 10.5 Å². The van der Waals surface area contributed by atoms with Crippen LogP contribution in [0.2, 0.25) is 0 Å². The van der Waals surface area contributed by atoms with Crippen molar-refractivity contribution < 1.29 is 14.6 Å². The van der Waals surface area contributed by atoms with Crippen molar-refractivity contribution in [2.75, 3.05) is 6.61 Å². The molecule has 1 aromatic carbocycles.